The van der Waals surface area contributed by atoms with E-state index in [2.05, 4.69) is 18.8 Å². The molecule has 4 nitrogen and oxygen atoms in total. The van der Waals surface area contributed by atoms with Gasteiger partial charge in [0.1, 0.15) is 5.78 Å². The minimum Gasteiger partial charge on any atom is -0.370 e. The molecule has 0 aliphatic rings. The lowest BCUT2D eigenvalue weighted by Crippen LogP contribution is -2.24. The fourth-order valence-electron chi connectivity index (χ4n) is 1.96. The van der Waals surface area contributed by atoms with Gasteiger partial charge >= 0.3 is 0 Å². The van der Waals surface area contributed by atoms with Crippen molar-refractivity contribution < 1.29 is 4.79 Å². The van der Waals surface area contributed by atoms with Crippen LogP contribution in [0.5, 0.6) is 0 Å². The van der Waals surface area contributed by atoms with Gasteiger partial charge in [-0.25, -0.2) is 0 Å². The highest BCUT2D eigenvalue weighted by molar-refractivity contribution is 5.82. The summed E-state index contributed by atoms with van der Waals surface area (Å²) < 4.78 is 0. The van der Waals surface area contributed by atoms with Crippen LogP contribution in [0.1, 0.15) is 47.0 Å². The number of carbonyl (C=O) groups excluding carboxylic acids is 1. The smallest absolute Gasteiger partial charge is 0.185 e. The molecule has 4 N–H and O–H groups in total. The van der Waals surface area contributed by atoms with E-state index < -0.39 is 0 Å². The van der Waals surface area contributed by atoms with E-state index in [1.807, 2.05) is 13.8 Å². The number of carbonyl (C=O) groups is 1. The molecule has 0 aromatic heterocycles. The van der Waals surface area contributed by atoms with Gasteiger partial charge in [0.25, 0.3) is 0 Å². The van der Waals surface area contributed by atoms with Crippen LogP contribution < -0.4 is 11.5 Å². The molecule has 1 atom stereocenters. The third-order valence-corrected chi connectivity index (χ3v) is 2.73. The van der Waals surface area contributed by atoms with Crippen molar-refractivity contribution in [2.24, 2.45) is 34.2 Å². The molecule has 0 radical (unpaired) electrons. The maximum Gasteiger partial charge on any atom is 0.185 e. The molecule has 0 aromatic rings. The summed E-state index contributed by atoms with van der Waals surface area (Å²) >= 11 is 0. The van der Waals surface area contributed by atoms with E-state index in [1.165, 1.54) is 0 Å². The second-order valence-electron chi connectivity index (χ2n) is 5.33. The highest BCUT2D eigenvalue weighted by Gasteiger charge is 2.21. The van der Waals surface area contributed by atoms with Crippen molar-refractivity contribution >= 4 is 11.7 Å². The molecular weight excluding hydrogens is 214 g/mol. The van der Waals surface area contributed by atoms with Gasteiger partial charge in [0.2, 0.25) is 0 Å². The van der Waals surface area contributed by atoms with Crippen LogP contribution in [-0.4, -0.2) is 18.3 Å². The van der Waals surface area contributed by atoms with E-state index in [1.54, 1.807) is 0 Å². The summed E-state index contributed by atoms with van der Waals surface area (Å²) in [6, 6.07) is 0. The summed E-state index contributed by atoms with van der Waals surface area (Å²) in [6.45, 7) is 8.84. The van der Waals surface area contributed by atoms with Gasteiger partial charge in [-0.3, -0.25) is 9.79 Å². The van der Waals surface area contributed by atoms with Crippen LogP contribution in [0, 0.1) is 17.8 Å². The third-order valence-electron chi connectivity index (χ3n) is 2.73. The van der Waals surface area contributed by atoms with Gasteiger partial charge in [0.15, 0.2) is 5.96 Å². The quantitative estimate of drug-likeness (QED) is 0.387. The van der Waals surface area contributed by atoms with Crippen molar-refractivity contribution in [2.45, 2.75) is 47.0 Å². The van der Waals surface area contributed by atoms with Gasteiger partial charge in [-0.05, 0) is 25.2 Å². The van der Waals surface area contributed by atoms with Crippen LogP contribution in [0.4, 0.5) is 0 Å². The third kappa shape index (κ3) is 7.77. The molecule has 4 heteroatoms. The Kier molecular flexibility index (Phi) is 7.59. The van der Waals surface area contributed by atoms with E-state index in [0.717, 1.165) is 19.3 Å². The molecule has 0 amide bonds. The molecule has 0 heterocycles. The lowest BCUT2D eigenvalue weighted by molar-refractivity contribution is -0.126. The van der Waals surface area contributed by atoms with Crippen LogP contribution in [0.2, 0.25) is 0 Å². The highest BCUT2D eigenvalue weighted by atomic mass is 16.1. The average molecular weight is 241 g/mol. The Morgan fingerprint density at radius 2 is 1.76 bits per heavy atom. The van der Waals surface area contributed by atoms with Crippen LogP contribution in [0.15, 0.2) is 4.99 Å². The summed E-state index contributed by atoms with van der Waals surface area (Å²) in [5.74, 6) is 1.31. The zero-order valence-corrected chi connectivity index (χ0v) is 11.6. The Balaban J connectivity index is 4.20. The van der Waals surface area contributed by atoms with Gasteiger partial charge in [0.05, 0.1) is 0 Å². The van der Waals surface area contributed by atoms with Gasteiger partial charge in [-0.1, -0.05) is 27.7 Å². The van der Waals surface area contributed by atoms with Crippen molar-refractivity contribution in [1.82, 2.24) is 0 Å². The van der Waals surface area contributed by atoms with Crippen molar-refractivity contribution in [3.8, 4) is 0 Å². The lowest BCUT2D eigenvalue weighted by Gasteiger charge is -2.19. The average Bonchev–Trinajstić information content (AvgIpc) is 2.20. The molecule has 0 saturated heterocycles. The first-order chi connectivity index (χ1) is 7.84. The van der Waals surface area contributed by atoms with Gasteiger partial charge in [-0.15, -0.1) is 0 Å². The standard InChI is InChI=1S/C13H27N3O/c1-9(2)8-11(12(17)10(3)4)6-5-7-16-13(14)15/h9-11H,5-8H2,1-4H3,(H4,14,15,16)/t11-/m1/s1. The maximum absolute atomic E-state index is 12.0. The van der Waals surface area contributed by atoms with E-state index in [4.69, 9.17) is 11.5 Å². The Morgan fingerprint density at radius 1 is 1.18 bits per heavy atom. The number of rotatable bonds is 8. The predicted molar refractivity (Wildman–Crippen MR) is 72.7 cm³/mol. The van der Waals surface area contributed by atoms with Gasteiger partial charge in [-0.2, -0.15) is 0 Å². The Hall–Kier alpha value is -1.06. The Bertz CT molecular complexity index is 255. The minimum atomic E-state index is 0.113. The predicted octanol–water partition coefficient (Wildman–Crippen LogP) is 1.93. The molecule has 0 aliphatic carbocycles. The topological polar surface area (TPSA) is 81.5 Å². The summed E-state index contributed by atoms with van der Waals surface area (Å²) in [7, 11) is 0. The van der Waals surface area contributed by atoms with Crippen molar-refractivity contribution in [3.63, 3.8) is 0 Å². The minimum absolute atomic E-state index is 0.113. The molecule has 0 spiro atoms. The van der Waals surface area contributed by atoms with Crippen LogP contribution in [-0.2, 0) is 4.79 Å². The first kappa shape index (κ1) is 15.9. The molecule has 0 fully saturated rings. The second-order valence-corrected chi connectivity index (χ2v) is 5.33. The van der Waals surface area contributed by atoms with Crippen LogP contribution in [0.3, 0.4) is 0 Å². The van der Waals surface area contributed by atoms with Gasteiger partial charge < -0.3 is 11.5 Å². The Labute approximate surface area is 105 Å². The summed E-state index contributed by atoms with van der Waals surface area (Å²) in [4.78, 5) is 16.0. The van der Waals surface area contributed by atoms with E-state index in [-0.39, 0.29) is 17.8 Å². The monoisotopic (exact) mass is 241 g/mol. The fraction of sp³-hybridized carbons (Fsp3) is 0.846. The molecule has 0 saturated carbocycles. The number of nitrogens with zero attached hydrogens (tertiary/aromatic N) is 1. The number of Topliss-reactive ketones (excluding diaryl/α,β-unsaturated/α-hetero) is 1. The van der Waals surface area contributed by atoms with Gasteiger partial charge in [0, 0.05) is 18.4 Å². The largest absolute Gasteiger partial charge is 0.370 e. The van der Waals surface area contributed by atoms with Crippen molar-refractivity contribution in [3.05, 3.63) is 0 Å². The zero-order chi connectivity index (χ0) is 13.4. The molecule has 17 heavy (non-hydrogen) atoms. The lowest BCUT2D eigenvalue weighted by atomic mass is 9.85. The first-order valence-electron chi connectivity index (χ1n) is 6.43. The fourth-order valence-corrected chi connectivity index (χ4v) is 1.96. The molecule has 0 rings (SSSR count). The molecule has 0 unspecified atom stereocenters. The number of ketones is 1. The summed E-state index contributed by atoms with van der Waals surface area (Å²) in [6.07, 6.45) is 2.71. The Morgan fingerprint density at radius 3 is 2.18 bits per heavy atom. The van der Waals surface area contributed by atoms with Crippen LogP contribution in [0.25, 0.3) is 0 Å². The molecule has 0 aliphatic heterocycles. The molecule has 0 aromatic carbocycles. The SMILES string of the molecule is CC(C)C[C@@H](CCCN=C(N)N)C(=O)C(C)C. The molecule has 0 bridgehead atoms. The number of aliphatic imine (C=N–C) groups is 1. The van der Waals surface area contributed by atoms with E-state index in [9.17, 15) is 4.79 Å². The molecular formula is C13H27N3O. The first-order valence-corrected chi connectivity index (χ1v) is 6.43. The number of guanidine groups is 1. The number of hydrogen-bond acceptors (Lipinski definition) is 2. The molecule has 100 valence electrons. The van der Waals surface area contributed by atoms with Crippen molar-refractivity contribution in [2.75, 3.05) is 6.54 Å². The number of nitrogens with two attached hydrogens (primary N) is 2. The van der Waals surface area contributed by atoms with Crippen LogP contribution >= 0.6 is 0 Å². The second kappa shape index (κ2) is 8.09. The summed E-state index contributed by atoms with van der Waals surface area (Å²) in [5, 5.41) is 0. The summed E-state index contributed by atoms with van der Waals surface area (Å²) in [5.41, 5.74) is 10.5. The normalized spacial score (nSPS) is 12.8. The van der Waals surface area contributed by atoms with E-state index >= 15 is 0 Å². The van der Waals surface area contributed by atoms with Crippen molar-refractivity contribution in [1.29, 1.82) is 0 Å². The highest BCUT2D eigenvalue weighted by Crippen LogP contribution is 2.21. The maximum atomic E-state index is 12.0. The van der Waals surface area contributed by atoms with E-state index in [0.29, 0.717) is 18.2 Å². The number of hydrogen-bond donors (Lipinski definition) is 2. The zero-order valence-electron chi connectivity index (χ0n) is 11.6.